The van der Waals surface area contributed by atoms with E-state index in [4.69, 9.17) is 0 Å². The van der Waals surface area contributed by atoms with Gasteiger partial charge in [0, 0.05) is 0 Å². The topological polar surface area (TPSA) is 20.2 Å². The van der Waals surface area contributed by atoms with E-state index in [2.05, 4.69) is 48.5 Å². The van der Waals surface area contributed by atoms with E-state index in [0.717, 1.165) is 30.1 Å². The third-order valence-corrected chi connectivity index (χ3v) is 11.2. The fourth-order valence-electron chi connectivity index (χ4n) is 9.59. The van der Waals surface area contributed by atoms with Crippen LogP contribution in [0.15, 0.2) is 11.1 Å². The Bertz CT molecular complexity index is 689. The van der Waals surface area contributed by atoms with E-state index >= 15 is 0 Å². The second-order valence-electron chi connectivity index (χ2n) is 14.0. The molecule has 1 N–H and O–H groups in total. The highest BCUT2D eigenvalue weighted by Crippen LogP contribution is 2.66. The minimum Gasteiger partial charge on any atom is -0.393 e. The summed E-state index contributed by atoms with van der Waals surface area (Å²) in [6.07, 6.45) is 16.0. The van der Waals surface area contributed by atoms with E-state index in [1.807, 2.05) is 11.1 Å². The molecule has 0 aromatic rings. The minimum absolute atomic E-state index is 0.0611. The van der Waals surface area contributed by atoms with E-state index in [1.54, 1.807) is 0 Å². The van der Waals surface area contributed by atoms with E-state index < -0.39 is 0 Å². The van der Waals surface area contributed by atoms with Gasteiger partial charge < -0.3 is 5.11 Å². The summed E-state index contributed by atoms with van der Waals surface area (Å²) in [5, 5.41) is 10.9. The maximum Gasteiger partial charge on any atom is 0.0571 e. The highest BCUT2D eigenvalue weighted by molar-refractivity contribution is 5.35. The molecule has 0 spiro atoms. The standard InChI is InChI=1S/C31H54O/c1-20(2)9-8-10-22(5)25-13-14-26-23-11-12-27-24(19-21(3)4)29(32)16-18-31(27,7)28(23)15-17-30(25,26)6/h20-22,24-27,29,32H,8-19H2,1-7H3/t22-,24?,25-,26+,27?,29?,30-,31+/m1/s1. The second-order valence-corrected chi connectivity index (χ2v) is 14.0. The van der Waals surface area contributed by atoms with Gasteiger partial charge >= 0.3 is 0 Å². The normalized spacial score (nSPS) is 42.8. The summed E-state index contributed by atoms with van der Waals surface area (Å²) in [7, 11) is 0. The minimum atomic E-state index is -0.0611. The van der Waals surface area contributed by atoms with Gasteiger partial charge in [-0.15, -0.1) is 0 Å². The van der Waals surface area contributed by atoms with Gasteiger partial charge in [-0.2, -0.15) is 0 Å². The summed E-state index contributed by atoms with van der Waals surface area (Å²) in [6.45, 7) is 17.3. The van der Waals surface area contributed by atoms with Crippen LogP contribution in [-0.2, 0) is 0 Å². The van der Waals surface area contributed by atoms with Crippen LogP contribution in [0.1, 0.15) is 126 Å². The van der Waals surface area contributed by atoms with E-state index in [0.29, 0.717) is 28.6 Å². The van der Waals surface area contributed by atoms with Gasteiger partial charge in [0.15, 0.2) is 0 Å². The Hall–Kier alpha value is -0.300. The zero-order chi connectivity index (χ0) is 23.3. The predicted octanol–water partition coefficient (Wildman–Crippen LogP) is 8.81. The van der Waals surface area contributed by atoms with Crippen LogP contribution in [0.2, 0.25) is 0 Å². The molecule has 0 heterocycles. The Kier molecular flexibility index (Phi) is 7.28. The number of rotatable bonds is 7. The average molecular weight is 443 g/mol. The average Bonchev–Trinajstić information content (AvgIpc) is 3.07. The van der Waals surface area contributed by atoms with Crippen molar-refractivity contribution in [2.24, 2.45) is 52.3 Å². The van der Waals surface area contributed by atoms with Gasteiger partial charge in [0.25, 0.3) is 0 Å². The van der Waals surface area contributed by atoms with Crippen molar-refractivity contribution >= 4 is 0 Å². The highest BCUT2D eigenvalue weighted by Gasteiger charge is 2.57. The van der Waals surface area contributed by atoms with E-state index in [9.17, 15) is 5.11 Å². The molecule has 2 saturated carbocycles. The predicted molar refractivity (Wildman–Crippen MR) is 137 cm³/mol. The lowest BCUT2D eigenvalue weighted by Gasteiger charge is -2.57. The molecule has 1 nitrogen and oxygen atoms in total. The van der Waals surface area contributed by atoms with Crippen LogP contribution < -0.4 is 0 Å². The van der Waals surface area contributed by atoms with Crippen LogP contribution in [0, 0.1) is 52.3 Å². The number of aliphatic hydroxyl groups is 1. The van der Waals surface area contributed by atoms with Crippen molar-refractivity contribution in [1.29, 1.82) is 0 Å². The van der Waals surface area contributed by atoms with E-state index in [-0.39, 0.29) is 6.10 Å². The lowest BCUT2D eigenvalue weighted by Crippen LogP contribution is -2.50. The molecule has 1 heteroatoms. The number of allylic oxidation sites excluding steroid dienone is 2. The van der Waals surface area contributed by atoms with Crippen LogP contribution in [0.25, 0.3) is 0 Å². The molecule has 8 atom stereocenters. The van der Waals surface area contributed by atoms with Crippen LogP contribution in [0.4, 0.5) is 0 Å². The summed E-state index contributed by atoms with van der Waals surface area (Å²) in [4.78, 5) is 0. The molecule has 0 radical (unpaired) electrons. The Morgan fingerprint density at radius 2 is 1.62 bits per heavy atom. The first kappa shape index (κ1) is 24.8. The van der Waals surface area contributed by atoms with Gasteiger partial charge in [-0.3, -0.25) is 0 Å². The quantitative estimate of drug-likeness (QED) is 0.390. The third kappa shape index (κ3) is 4.27. The molecule has 2 fully saturated rings. The van der Waals surface area contributed by atoms with Gasteiger partial charge in [-0.1, -0.05) is 78.9 Å². The number of fused-ring (bicyclic) bond motifs is 4. The summed E-state index contributed by atoms with van der Waals surface area (Å²) < 4.78 is 0. The van der Waals surface area contributed by atoms with Crippen LogP contribution in [0.5, 0.6) is 0 Å². The maximum absolute atomic E-state index is 10.9. The van der Waals surface area contributed by atoms with Crippen molar-refractivity contribution in [2.75, 3.05) is 0 Å². The van der Waals surface area contributed by atoms with Gasteiger partial charge in [0.1, 0.15) is 0 Å². The Morgan fingerprint density at radius 1 is 0.875 bits per heavy atom. The van der Waals surface area contributed by atoms with Crippen LogP contribution in [0.3, 0.4) is 0 Å². The molecule has 0 bridgehead atoms. The third-order valence-electron chi connectivity index (χ3n) is 11.2. The fourth-order valence-corrected chi connectivity index (χ4v) is 9.59. The van der Waals surface area contributed by atoms with Crippen molar-refractivity contribution < 1.29 is 5.11 Å². The molecule has 3 unspecified atom stereocenters. The Labute approximate surface area is 200 Å². The molecule has 32 heavy (non-hydrogen) atoms. The van der Waals surface area contributed by atoms with E-state index in [1.165, 1.54) is 70.6 Å². The lowest BCUT2D eigenvalue weighted by molar-refractivity contribution is -0.0493. The van der Waals surface area contributed by atoms with Crippen molar-refractivity contribution in [2.45, 2.75) is 132 Å². The molecule has 0 aromatic carbocycles. The zero-order valence-electron chi connectivity index (χ0n) is 22.6. The molecular weight excluding hydrogens is 388 g/mol. The molecular formula is C31H54O. The lowest BCUT2D eigenvalue weighted by atomic mass is 9.48. The van der Waals surface area contributed by atoms with Crippen molar-refractivity contribution in [3.05, 3.63) is 11.1 Å². The molecule has 184 valence electrons. The highest BCUT2D eigenvalue weighted by atomic mass is 16.3. The summed E-state index contributed by atoms with van der Waals surface area (Å²) in [6, 6.07) is 0. The Morgan fingerprint density at radius 3 is 2.31 bits per heavy atom. The number of aliphatic hydroxyl groups excluding tert-OH is 1. The number of hydrogen-bond donors (Lipinski definition) is 1. The van der Waals surface area contributed by atoms with Gasteiger partial charge in [-0.05, 0) is 110 Å². The fraction of sp³-hybridized carbons (Fsp3) is 0.935. The molecule has 0 amide bonds. The SMILES string of the molecule is CC(C)CCC[C@@H](C)[C@H]1CC[C@H]2C3=C(CC[C@]12C)[C@@]1(C)CCC(O)C(CC(C)C)C1CC3. The molecule has 0 aromatic heterocycles. The maximum atomic E-state index is 10.9. The first-order valence-corrected chi connectivity index (χ1v) is 14.5. The van der Waals surface area contributed by atoms with Crippen molar-refractivity contribution in [3.63, 3.8) is 0 Å². The summed E-state index contributed by atoms with van der Waals surface area (Å²) in [5.74, 6) is 5.45. The van der Waals surface area contributed by atoms with Crippen molar-refractivity contribution in [3.8, 4) is 0 Å². The van der Waals surface area contributed by atoms with Crippen LogP contribution in [-0.4, -0.2) is 11.2 Å². The first-order chi connectivity index (χ1) is 15.1. The van der Waals surface area contributed by atoms with Crippen LogP contribution >= 0.6 is 0 Å². The zero-order valence-corrected chi connectivity index (χ0v) is 22.6. The van der Waals surface area contributed by atoms with Crippen molar-refractivity contribution in [1.82, 2.24) is 0 Å². The van der Waals surface area contributed by atoms with Gasteiger partial charge in [-0.25, -0.2) is 0 Å². The summed E-state index contributed by atoms with van der Waals surface area (Å²) in [5.41, 5.74) is 4.73. The smallest absolute Gasteiger partial charge is 0.0571 e. The first-order valence-electron chi connectivity index (χ1n) is 14.5. The second kappa shape index (κ2) is 9.39. The summed E-state index contributed by atoms with van der Waals surface area (Å²) >= 11 is 0. The molecule has 4 rings (SSSR count). The largest absolute Gasteiger partial charge is 0.393 e. The molecule has 4 aliphatic carbocycles. The monoisotopic (exact) mass is 442 g/mol. The van der Waals surface area contributed by atoms with Gasteiger partial charge in [0.2, 0.25) is 0 Å². The molecule has 0 saturated heterocycles. The Balaban J connectivity index is 1.55. The van der Waals surface area contributed by atoms with Gasteiger partial charge in [0.05, 0.1) is 6.10 Å². The number of hydrogen-bond acceptors (Lipinski definition) is 1. The molecule has 4 aliphatic rings. The molecule has 0 aliphatic heterocycles.